The summed E-state index contributed by atoms with van der Waals surface area (Å²) in [5.74, 6) is -0.430. The number of carbonyl (C=O) groups excluding carboxylic acids is 1. The highest BCUT2D eigenvalue weighted by atomic mass is 32.2. The first-order valence-corrected chi connectivity index (χ1v) is 9.39. The Kier molecular flexibility index (Phi) is 6.09. The molecule has 128 valence electrons. The van der Waals surface area contributed by atoms with Crippen LogP contribution >= 0.6 is 0 Å². The van der Waals surface area contributed by atoms with Gasteiger partial charge in [0, 0.05) is 13.0 Å². The molecule has 0 spiro atoms. The van der Waals surface area contributed by atoms with Crippen molar-refractivity contribution in [1.29, 1.82) is 0 Å². The van der Waals surface area contributed by atoms with Gasteiger partial charge in [-0.05, 0) is 35.7 Å². The molecule has 24 heavy (non-hydrogen) atoms. The molecule has 0 saturated carbocycles. The molecule has 0 aromatic heterocycles. The molecule has 0 unspecified atom stereocenters. The lowest BCUT2D eigenvalue weighted by Gasteiger charge is -2.07. The minimum Gasteiger partial charge on any atom is -0.352 e. The van der Waals surface area contributed by atoms with Crippen LogP contribution in [0.3, 0.4) is 0 Å². The van der Waals surface area contributed by atoms with E-state index in [0.29, 0.717) is 18.5 Å². The second kappa shape index (κ2) is 8.06. The summed E-state index contributed by atoms with van der Waals surface area (Å²) < 4.78 is 36.9. The molecule has 1 amide bonds. The first-order valence-electron chi connectivity index (χ1n) is 7.74. The molecule has 0 saturated heterocycles. The van der Waals surface area contributed by atoms with Crippen LogP contribution in [0, 0.1) is 5.82 Å². The van der Waals surface area contributed by atoms with Crippen molar-refractivity contribution in [2.45, 2.75) is 31.2 Å². The highest BCUT2D eigenvalue weighted by Crippen LogP contribution is 2.12. The summed E-state index contributed by atoms with van der Waals surface area (Å²) in [7, 11) is -3.21. The van der Waals surface area contributed by atoms with Crippen molar-refractivity contribution in [1.82, 2.24) is 5.32 Å². The lowest BCUT2D eigenvalue weighted by atomic mass is 10.1. The summed E-state index contributed by atoms with van der Waals surface area (Å²) in [4.78, 5) is 12.1. The summed E-state index contributed by atoms with van der Waals surface area (Å²) >= 11 is 0. The molecule has 0 aliphatic heterocycles. The lowest BCUT2D eigenvalue weighted by Crippen LogP contribution is -2.23. The number of sulfone groups is 1. The summed E-state index contributed by atoms with van der Waals surface area (Å²) in [5.41, 5.74) is 1.33. The molecule has 0 bridgehead atoms. The summed E-state index contributed by atoms with van der Waals surface area (Å²) in [6.07, 6.45) is 0.537. The van der Waals surface area contributed by atoms with Crippen molar-refractivity contribution in [2.75, 3.05) is 5.75 Å². The molecular weight excluding hydrogens is 329 g/mol. The number of hydrogen-bond acceptors (Lipinski definition) is 3. The van der Waals surface area contributed by atoms with Crippen molar-refractivity contribution in [2.24, 2.45) is 0 Å². The van der Waals surface area contributed by atoms with Crippen molar-refractivity contribution >= 4 is 15.7 Å². The fraction of sp³-hybridized carbons (Fsp3) is 0.278. The number of aryl methyl sites for hydroxylation is 1. The Labute approximate surface area is 141 Å². The van der Waals surface area contributed by atoms with E-state index in [1.54, 1.807) is 49.4 Å². The molecule has 6 heteroatoms. The first-order chi connectivity index (χ1) is 11.4. The van der Waals surface area contributed by atoms with Crippen LogP contribution in [-0.4, -0.2) is 20.1 Å². The van der Waals surface area contributed by atoms with Crippen LogP contribution in [0.4, 0.5) is 4.39 Å². The number of benzene rings is 2. The average Bonchev–Trinajstić information content (AvgIpc) is 2.59. The SMILES string of the molecule is CCS(=O)(=O)c1ccc(CNC(=O)CCc2ccccc2F)cc1. The molecule has 2 rings (SSSR count). The predicted molar refractivity (Wildman–Crippen MR) is 90.7 cm³/mol. The molecule has 0 fully saturated rings. The van der Waals surface area contributed by atoms with Gasteiger partial charge in [-0.3, -0.25) is 4.79 Å². The van der Waals surface area contributed by atoms with Gasteiger partial charge in [0.2, 0.25) is 5.91 Å². The first kappa shape index (κ1) is 18.1. The van der Waals surface area contributed by atoms with E-state index < -0.39 is 9.84 Å². The standard InChI is InChI=1S/C18H20FNO3S/c1-2-24(22,23)16-10-7-14(8-11-16)13-20-18(21)12-9-15-5-3-4-6-17(15)19/h3-8,10-11H,2,9,12-13H2,1H3,(H,20,21). The number of carbonyl (C=O) groups is 1. The summed E-state index contributed by atoms with van der Waals surface area (Å²) in [5, 5.41) is 2.75. The van der Waals surface area contributed by atoms with Crippen LogP contribution in [0.1, 0.15) is 24.5 Å². The summed E-state index contributed by atoms with van der Waals surface area (Å²) in [6.45, 7) is 1.90. The van der Waals surface area contributed by atoms with Crippen molar-refractivity contribution in [3.8, 4) is 0 Å². The molecule has 1 N–H and O–H groups in total. The third-order valence-electron chi connectivity index (χ3n) is 3.73. The van der Waals surface area contributed by atoms with E-state index in [1.165, 1.54) is 6.07 Å². The van der Waals surface area contributed by atoms with E-state index in [-0.39, 0.29) is 28.8 Å². The number of nitrogens with one attached hydrogen (secondary N) is 1. The Morgan fingerprint density at radius 2 is 1.75 bits per heavy atom. The van der Waals surface area contributed by atoms with E-state index in [9.17, 15) is 17.6 Å². The van der Waals surface area contributed by atoms with Crippen LogP contribution < -0.4 is 5.32 Å². The van der Waals surface area contributed by atoms with Crippen LogP contribution in [0.25, 0.3) is 0 Å². The second-order valence-electron chi connectivity index (χ2n) is 5.42. The zero-order valence-corrected chi connectivity index (χ0v) is 14.3. The fourth-order valence-electron chi connectivity index (χ4n) is 2.22. The second-order valence-corrected chi connectivity index (χ2v) is 7.69. The lowest BCUT2D eigenvalue weighted by molar-refractivity contribution is -0.121. The zero-order valence-electron chi connectivity index (χ0n) is 13.5. The molecule has 0 aliphatic rings. The molecule has 0 aliphatic carbocycles. The molecule has 0 atom stereocenters. The molecule has 0 radical (unpaired) electrons. The molecule has 2 aromatic carbocycles. The fourth-order valence-corrected chi connectivity index (χ4v) is 3.10. The minimum absolute atomic E-state index is 0.0547. The molecule has 4 nitrogen and oxygen atoms in total. The number of halogens is 1. The van der Waals surface area contributed by atoms with Crippen LogP contribution in [0.15, 0.2) is 53.4 Å². The quantitative estimate of drug-likeness (QED) is 0.836. The van der Waals surface area contributed by atoms with Crippen LogP contribution in [-0.2, 0) is 27.6 Å². The van der Waals surface area contributed by atoms with E-state index >= 15 is 0 Å². The Bertz CT molecular complexity index is 801. The van der Waals surface area contributed by atoms with Gasteiger partial charge in [0.25, 0.3) is 0 Å². The number of rotatable bonds is 7. The van der Waals surface area contributed by atoms with Crippen molar-refractivity contribution < 1.29 is 17.6 Å². The van der Waals surface area contributed by atoms with Gasteiger partial charge >= 0.3 is 0 Å². The van der Waals surface area contributed by atoms with E-state index in [4.69, 9.17) is 0 Å². The van der Waals surface area contributed by atoms with Gasteiger partial charge in [-0.1, -0.05) is 37.3 Å². The van der Waals surface area contributed by atoms with Gasteiger partial charge in [-0.2, -0.15) is 0 Å². The normalized spacial score (nSPS) is 11.2. The van der Waals surface area contributed by atoms with Crippen LogP contribution in [0.5, 0.6) is 0 Å². The maximum atomic E-state index is 13.5. The Hall–Kier alpha value is -2.21. The third kappa shape index (κ3) is 4.89. The highest BCUT2D eigenvalue weighted by Gasteiger charge is 2.11. The Morgan fingerprint density at radius 3 is 2.38 bits per heavy atom. The molecule has 0 heterocycles. The maximum absolute atomic E-state index is 13.5. The smallest absolute Gasteiger partial charge is 0.220 e. The average molecular weight is 349 g/mol. The summed E-state index contributed by atoms with van der Waals surface area (Å²) in [6, 6.07) is 12.8. The van der Waals surface area contributed by atoms with Crippen molar-refractivity contribution in [3.05, 3.63) is 65.5 Å². The monoisotopic (exact) mass is 349 g/mol. The zero-order chi connectivity index (χ0) is 17.6. The molecule has 2 aromatic rings. The Balaban J connectivity index is 1.85. The van der Waals surface area contributed by atoms with Crippen molar-refractivity contribution in [3.63, 3.8) is 0 Å². The van der Waals surface area contributed by atoms with Crippen LogP contribution in [0.2, 0.25) is 0 Å². The topological polar surface area (TPSA) is 63.2 Å². The minimum atomic E-state index is -3.21. The molecular formula is C18H20FNO3S. The van der Waals surface area contributed by atoms with Gasteiger partial charge in [0.05, 0.1) is 10.6 Å². The van der Waals surface area contributed by atoms with Gasteiger partial charge in [0.15, 0.2) is 9.84 Å². The largest absolute Gasteiger partial charge is 0.352 e. The Morgan fingerprint density at radius 1 is 1.08 bits per heavy atom. The van der Waals surface area contributed by atoms with E-state index in [0.717, 1.165) is 5.56 Å². The predicted octanol–water partition coefficient (Wildman–Crippen LogP) is 2.87. The number of hydrogen-bond donors (Lipinski definition) is 1. The maximum Gasteiger partial charge on any atom is 0.220 e. The third-order valence-corrected chi connectivity index (χ3v) is 5.48. The van der Waals surface area contributed by atoms with Gasteiger partial charge in [-0.25, -0.2) is 12.8 Å². The van der Waals surface area contributed by atoms with Gasteiger partial charge in [-0.15, -0.1) is 0 Å². The number of amides is 1. The van der Waals surface area contributed by atoms with Gasteiger partial charge < -0.3 is 5.32 Å². The van der Waals surface area contributed by atoms with E-state index in [1.807, 2.05) is 0 Å². The van der Waals surface area contributed by atoms with E-state index in [2.05, 4.69) is 5.32 Å². The highest BCUT2D eigenvalue weighted by molar-refractivity contribution is 7.91. The van der Waals surface area contributed by atoms with Gasteiger partial charge in [0.1, 0.15) is 5.82 Å².